The van der Waals surface area contributed by atoms with Gasteiger partial charge in [-0.15, -0.1) is 0 Å². The van der Waals surface area contributed by atoms with Gasteiger partial charge in [0.2, 0.25) is 0 Å². The normalized spacial score (nSPS) is 42.9. The SMILES string of the molecule is CC(=O)OC[C@]1(C)CCC[C@@]2(C)C1C(OC(=O)c1ccccc1)CC1CC(=O)[C@@]3(C)CC[C@]12C3. The molecule has 5 nitrogen and oxygen atoms in total. The van der Waals surface area contributed by atoms with Crippen LogP contribution in [-0.2, 0) is 19.1 Å². The summed E-state index contributed by atoms with van der Waals surface area (Å²) in [6, 6.07) is 9.16. The van der Waals surface area contributed by atoms with E-state index < -0.39 is 0 Å². The van der Waals surface area contributed by atoms with E-state index in [-0.39, 0.29) is 51.5 Å². The van der Waals surface area contributed by atoms with E-state index >= 15 is 0 Å². The number of rotatable bonds is 4. The van der Waals surface area contributed by atoms with Crippen molar-refractivity contribution in [3.63, 3.8) is 0 Å². The zero-order valence-electron chi connectivity index (χ0n) is 21.0. The molecule has 0 amide bonds. The van der Waals surface area contributed by atoms with Crippen LogP contribution in [-0.4, -0.2) is 30.4 Å². The Kier molecular flexibility index (Phi) is 5.49. The van der Waals surface area contributed by atoms with Crippen LogP contribution in [0.3, 0.4) is 0 Å². The van der Waals surface area contributed by atoms with Crippen LogP contribution in [0.5, 0.6) is 0 Å². The summed E-state index contributed by atoms with van der Waals surface area (Å²) in [6.45, 7) is 8.60. The molecule has 5 heteroatoms. The van der Waals surface area contributed by atoms with Gasteiger partial charge < -0.3 is 9.47 Å². The first kappa shape index (κ1) is 23.6. The number of Topliss-reactive ketones (excluding diaryl/α,β-unsaturated/α-hetero) is 1. The van der Waals surface area contributed by atoms with Gasteiger partial charge in [0, 0.05) is 30.1 Å². The number of benzene rings is 1. The molecule has 4 aliphatic carbocycles. The molecule has 7 atom stereocenters. The van der Waals surface area contributed by atoms with Gasteiger partial charge in [0.05, 0.1) is 12.2 Å². The van der Waals surface area contributed by atoms with E-state index in [9.17, 15) is 14.4 Å². The fourth-order valence-corrected chi connectivity index (χ4v) is 8.98. The number of ether oxygens (including phenoxy) is 2. The molecule has 0 aliphatic heterocycles. The molecular weight excluding hydrogens is 428 g/mol. The molecule has 0 N–H and O–H groups in total. The fourth-order valence-electron chi connectivity index (χ4n) is 8.98. The van der Waals surface area contributed by atoms with E-state index in [0.717, 1.165) is 44.9 Å². The van der Waals surface area contributed by atoms with Crippen LogP contribution < -0.4 is 0 Å². The van der Waals surface area contributed by atoms with Crippen LogP contribution in [0.2, 0.25) is 0 Å². The summed E-state index contributed by atoms with van der Waals surface area (Å²) in [5, 5.41) is 0. The van der Waals surface area contributed by atoms with Gasteiger partial charge in [-0.25, -0.2) is 4.79 Å². The lowest BCUT2D eigenvalue weighted by atomic mass is 9.37. The highest BCUT2D eigenvalue weighted by Crippen LogP contribution is 2.75. The second-order valence-electron chi connectivity index (χ2n) is 12.4. The Balaban J connectivity index is 1.56. The van der Waals surface area contributed by atoms with E-state index in [0.29, 0.717) is 24.4 Å². The minimum Gasteiger partial charge on any atom is -0.465 e. The Hall–Kier alpha value is -2.17. The number of carbonyl (C=O) groups excluding carboxylic acids is 3. The minimum atomic E-state index is -0.303. The molecule has 0 radical (unpaired) electrons. The van der Waals surface area contributed by atoms with Crippen molar-refractivity contribution in [1.29, 1.82) is 0 Å². The van der Waals surface area contributed by atoms with Crippen molar-refractivity contribution in [2.45, 2.75) is 85.2 Å². The molecule has 1 spiro atoms. The summed E-state index contributed by atoms with van der Waals surface area (Å²) in [5.74, 6) is 0.130. The molecule has 4 saturated carbocycles. The molecule has 1 aromatic carbocycles. The third-order valence-electron chi connectivity index (χ3n) is 10.5. The maximum absolute atomic E-state index is 13.2. The zero-order chi connectivity index (χ0) is 24.4. The number of hydrogen-bond donors (Lipinski definition) is 0. The highest BCUT2D eigenvalue weighted by molar-refractivity contribution is 5.89. The summed E-state index contributed by atoms with van der Waals surface area (Å²) in [4.78, 5) is 38.2. The number of ketones is 1. The molecule has 34 heavy (non-hydrogen) atoms. The molecule has 1 aromatic rings. The fraction of sp³-hybridized carbons (Fsp3) is 0.690. The first-order valence-electron chi connectivity index (χ1n) is 13.0. The summed E-state index contributed by atoms with van der Waals surface area (Å²) in [5.41, 5.74) is 0.0499. The molecule has 0 heterocycles. The van der Waals surface area contributed by atoms with Gasteiger partial charge in [0.25, 0.3) is 0 Å². The Morgan fingerprint density at radius 1 is 1.03 bits per heavy atom. The molecule has 4 fully saturated rings. The zero-order valence-corrected chi connectivity index (χ0v) is 21.0. The van der Waals surface area contributed by atoms with Crippen LogP contribution in [0.4, 0.5) is 0 Å². The van der Waals surface area contributed by atoms with Crippen molar-refractivity contribution in [1.82, 2.24) is 0 Å². The van der Waals surface area contributed by atoms with Crippen LogP contribution in [0.15, 0.2) is 30.3 Å². The van der Waals surface area contributed by atoms with E-state index in [1.54, 1.807) is 12.1 Å². The van der Waals surface area contributed by atoms with Crippen molar-refractivity contribution < 1.29 is 23.9 Å². The Bertz CT molecular complexity index is 1000. The van der Waals surface area contributed by atoms with Crippen LogP contribution in [0, 0.1) is 33.5 Å². The largest absolute Gasteiger partial charge is 0.465 e. The van der Waals surface area contributed by atoms with Gasteiger partial charge in [-0.2, -0.15) is 0 Å². The Morgan fingerprint density at radius 2 is 1.76 bits per heavy atom. The predicted octanol–water partition coefficient (Wildman–Crippen LogP) is 5.76. The maximum atomic E-state index is 13.2. The lowest BCUT2D eigenvalue weighted by Gasteiger charge is -2.67. The van der Waals surface area contributed by atoms with E-state index in [2.05, 4.69) is 20.8 Å². The number of carbonyl (C=O) groups is 3. The highest BCUT2D eigenvalue weighted by Gasteiger charge is 2.72. The van der Waals surface area contributed by atoms with Crippen molar-refractivity contribution in [3.8, 4) is 0 Å². The highest BCUT2D eigenvalue weighted by atomic mass is 16.5. The van der Waals surface area contributed by atoms with Gasteiger partial charge in [0.1, 0.15) is 11.9 Å². The van der Waals surface area contributed by atoms with Crippen molar-refractivity contribution in [2.24, 2.45) is 33.5 Å². The van der Waals surface area contributed by atoms with E-state index in [1.165, 1.54) is 6.92 Å². The average Bonchev–Trinajstić information content (AvgIpc) is 3.12. The van der Waals surface area contributed by atoms with Crippen molar-refractivity contribution in [3.05, 3.63) is 35.9 Å². The first-order chi connectivity index (χ1) is 16.0. The Morgan fingerprint density at radius 3 is 2.47 bits per heavy atom. The summed E-state index contributed by atoms with van der Waals surface area (Å²) < 4.78 is 12.0. The second kappa shape index (κ2) is 7.93. The molecule has 3 unspecified atom stereocenters. The minimum absolute atomic E-state index is 0.0764. The lowest BCUT2D eigenvalue weighted by Crippen LogP contribution is -2.65. The molecule has 5 rings (SSSR count). The molecule has 0 aromatic heterocycles. The second-order valence-corrected chi connectivity index (χ2v) is 12.4. The van der Waals surface area contributed by atoms with Crippen molar-refractivity contribution in [2.75, 3.05) is 6.61 Å². The quantitative estimate of drug-likeness (QED) is 0.528. The van der Waals surface area contributed by atoms with Crippen molar-refractivity contribution >= 4 is 17.7 Å². The smallest absolute Gasteiger partial charge is 0.338 e. The number of esters is 2. The monoisotopic (exact) mass is 466 g/mol. The standard InChI is InChI=1S/C29H38O5/c1-19(30)33-18-27(3)11-8-12-28(4)24(27)22(34-25(32)20-9-6-5-7-10-20)15-21-16-23(31)26(2)13-14-29(21,28)17-26/h5-7,9-10,21-22,24H,8,11-18H2,1-4H3/t21?,22?,24?,26-,27-,28-,29-/m0/s1. The molecular formula is C29H38O5. The van der Waals surface area contributed by atoms with Crippen LogP contribution >= 0.6 is 0 Å². The first-order valence-corrected chi connectivity index (χ1v) is 13.0. The number of fused-ring (bicyclic) bond motifs is 2. The molecule has 184 valence electrons. The van der Waals surface area contributed by atoms with Crippen LogP contribution in [0.1, 0.15) is 89.4 Å². The van der Waals surface area contributed by atoms with Gasteiger partial charge in [-0.3, -0.25) is 9.59 Å². The third kappa shape index (κ3) is 3.37. The van der Waals surface area contributed by atoms with Crippen LogP contribution in [0.25, 0.3) is 0 Å². The van der Waals surface area contributed by atoms with Gasteiger partial charge >= 0.3 is 11.9 Å². The maximum Gasteiger partial charge on any atom is 0.338 e. The summed E-state index contributed by atoms with van der Waals surface area (Å²) in [6.07, 6.45) is 7.05. The summed E-state index contributed by atoms with van der Waals surface area (Å²) in [7, 11) is 0. The van der Waals surface area contributed by atoms with Gasteiger partial charge in [0.15, 0.2) is 0 Å². The molecule has 2 bridgehead atoms. The lowest BCUT2D eigenvalue weighted by molar-refractivity contribution is -0.226. The number of hydrogen-bond acceptors (Lipinski definition) is 5. The predicted molar refractivity (Wildman–Crippen MR) is 128 cm³/mol. The third-order valence-corrected chi connectivity index (χ3v) is 10.5. The topological polar surface area (TPSA) is 69.7 Å². The average molecular weight is 467 g/mol. The van der Waals surface area contributed by atoms with Gasteiger partial charge in [-0.1, -0.05) is 45.4 Å². The summed E-state index contributed by atoms with van der Waals surface area (Å²) >= 11 is 0. The molecule has 0 saturated heterocycles. The van der Waals surface area contributed by atoms with E-state index in [4.69, 9.17) is 9.47 Å². The Labute approximate surface area is 203 Å². The van der Waals surface area contributed by atoms with Gasteiger partial charge in [-0.05, 0) is 67.4 Å². The van der Waals surface area contributed by atoms with E-state index in [1.807, 2.05) is 18.2 Å². The molecule has 4 aliphatic rings.